The average Bonchev–Trinajstić information content (AvgIpc) is 2.60. The molecule has 0 aliphatic heterocycles. The van der Waals surface area contributed by atoms with Crippen molar-refractivity contribution in [3.05, 3.63) is 5.82 Å². The second-order valence-electron chi connectivity index (χ2n) is 4.17. The van der Waals surface area contributed by atoms with Gasteiger partial charge >= 0.3 is 0 Å². The first-order valence-corrected chi connectivity index (χ1v) is 5.99. The summed E-state index contributed by atoms with van der Waals surface area (Å²) in [6, 6.07) is 0. The molecule has 2 atom stereocenters. The van der Waals surface area contributed by atoms with Crippen molar-refractivity contribution in [1.29, 1.82) is 0 Å². The summed E-state index contributed by atoms with van der Waals surface area (Å²) in [5, 5.41) is 14.0. The van der Waals surface area contributed by atoms with Gasteiger partial charge in [-0.25, -0.2) is 4.98 Å². The van der Waals surface area contributed by atoms with Gasteiger partial charge in [-0.3, -0.25) is 0 Å². The van der Waals surface area contributed by atoms with Gasteiger partial charge in [-0.1, -0.05) is 20.3 Å². The number of aliphatic hydroxyl groups is 1. The third-order valence-electron chi connectivity index (χ3n) is 2.80. The first kappa shape index (κ1) is 12.4. The minimum absolute atomic E-state index is 0.263. The van der Waals surface area contributed by atoms with Gasteiger partial charge in [-0.05, 0) is 19.8 Å². The molecule has 5 heteroatoms. The number of nitrogens with one attached hydrogen (secondary N) is 1. The Morgan fingerprint density at radius 1 is 1.60 bits per heavy atom. The molecule has 15 heavy (non-hydrogen) atoms. The number of aromatic nitrogens is 2. The van der Waals surface area contributed by atoms with Crippen LogP contribution in [0, 0.1) is 12.8 Å². The zero-order valence-corrected chi connectivity index (χ0v) is 10.6. The quantitative estimate of drug-likeness (QED) is 0.811. The van der Waals surface area contributed by atoms with Gasteiger partial charge in [0.05, 0.1) is 5.60 Å². The Kier molecular flexibility index (Phi) is 4.04. The Hall–Kier alpha value is -0.680. The minimum atomic E-state index is -0.700. The van der Waals surface area contributed by atoms with Crippen LogP contribution >= 0.6 is 11.5 Å². The lowest BCUT2D eigenvalue weighted by Crippen LogP contribution is -2.39. The number of hydrogen-bond acceptors (Lipinski definition) is 5. The van der Waals surface area contributed by atoms with E-state index >= 15 is 0 Å². The lowest BCUT2D eigenvalue weighted by atomic mass is 9.89. The van der Waals surface area contributed by atoms with Crippen molar-refractivity contribution < 1.29 is 5.11 Å². The molecule has 0 aliphatic carbocycles. The van der Waals surface area contributed by atoms with Crippen molar-refractivity contribution in [2.45, 2.75) is 39.7 Å². The van der Waals surface area contributed by atoms with E-state index in [-0.39, 0.29) is 5.92 Å². The molecule has 0 bridgehead atoms. The van der Waals surface area contributed by atoms with Crippen molar-refractivity contribution >= 4 is 16.7 Å². The van der Waals surface area contributed by atoms with Crippen LogP contribution in [0.3, 0.4) is 0 Å². The first-order chi connectivity index (χ1) is 6.95. The lowest BCUT2D eigenvalue weighted by Gasteiger charge is -2.29. The van der Waals surface area contributed by atoms with E-state index < -0.39 is 5.60 Å². The second kappa shape index (κ2) is 4.90. The molecule has 1 rings (SSSR count). The van der Waals surface area contributed by atoms with Crippen molar-refractivity contribution in [3.8, 4) is 0 Å². The maximum absolute atomic E-state index is 10.1. The summed E-state index contributed by atoms with van der Waals surface area (Å²) in [4.78, 5) is 4.18. The first-order valence-electron chi connectivity index (χ1n) is 5.22. The minimum Gasteiger partial charge on any atom is -0.388 e. The van der Waals surface area contributed by atoms with Crippen LogP contribution in [-0.4, -0.2) is 26.6 Å². The number of aryl methyl sites for hydroxylation is 1. The van der Waals surface area contributed by atoms with E-state index in [1.54, 1.807) is 0 Å². The average molecular weight is 229 g/mol. The third kappa shape index (κ3) is 3.43. The Bertz CT molecular complexity index is 311. The number of nitrogens with zero attached hydrogens (tertiary/aromatic N) is 2. The van der Waals surface area contributed by atoms with Crippen LogP contribution in [0.25, 0.3) is 0 Å². The summed E-state index contributed by atoms with van der Waals surface area (Å²) in [6.45, 7) is 8.34. The summed E-state index contributed by atoms with van der Waals surface area (Å²) in [6.07, 6.45) is 0.962. The molecule has 1 aromatic heterocycles. The molecule has 2 unspecified atom stereocenters. The molecule has 0 fully saturated rings. The van der Waals surface area contributed by atoms with Crippen LogP contribution in [-0.2, 0) is 0 Å². The van der Waals surface area contributed by atoms with Crippen LogP contribution < -0.4 is 5.32 Å². The topological polar surface area (TPSA) is 58.0 Å². The molecule has 1 heterocycles. The maximum Gasteiger partial charge on any atom is 0.202 e. The fourth-order valence-corrected chi connectivity index (χ4v) is 1.81. The molecule has 0 aromatic carbocycles. The largest absolute Gasteiger partial charge is 0.388 e. The third-order valence-corrected chi connectivity index (χ3v) is 3.56. The molecule has 0 saturated carbocycles. The summed E-state index contributed by atoms with van der Waals surface area (Å²) >= 11 is 1.33. The highest BCUT2D eigenvalue weighted by atomic mass is 32.1. The molecule has 2 N–H and O–H groups in total. The van der Waals surface area contributed by atoms with Crippen LogP contribution in [0.5, 0.6) is 0 Å². The molecule has 4 nitrogen and oxygen atoms in total. The summed E-state index contributed by atoms with van der Waals surface area (Å²) < 4.78 is 4.07. The van der Waals surface area contributed by atoms with Gasteiger partial charge in [0, 0.05) is 18.1 Å². The van der Waals surface area contributed by atoms with Gasteiger partial charge in [-0.2, -0.15) is 4.37 Å². The van der Waals surface area contributed by atoms with Crippen LogP contribution in [0.15, 0.2) is 0 Å². The van der Waals surface area contributed by atoms with Gasteiger partial charge < -0.3 is 10.4 Å². The Morgan fingerprint density at radius 3 is 2.73 bits per heavy atom. The van der Waals surface area contributed by atoms with Gasteiger partial charge in [-0.15, -0.1) is 0 Å². The van der Waals surface area contributed by atoms with E-state index in [0.29, 0.717) is 6.54 Å². The number of anilines is 1. The van der Waals surface area contributed by atoms with E-state index in [1.165, 1.54) is 11.5 Å². The summed E-state index contributed by atoms with van der Waals surface area (Å²) in [5.74, 6) is 1.03. The molecule has 86 valence electrons. The Labute approximate surface area is 94.9 Å². The van der Waals surface area contributed by atoms with Gasteiger partial charge in [0.2, 0.25) is 5.13 Å². The zero-order chi connectivity index (χ0) is 11.5. The van der Waals surface area contributed by atoms with Crippen LogP contribution in [0.1, 0.15) is 33.0 Å². The maximum atomic E-state index is 10.1. The van der Waals surface area contributed by atoms with Crippen molar-refractivity contribution in [2.75, 3.05) is 11.9 Å². The van der Waals surface area contributed by atoms with Crippen molar-refractivity contribution in [2.24, 2.45) is 5.92 Å². The molecule has 0 saturated heterocycles. The van der Waals surface area contributed by atoms with E-state index in [2.05, 4.69) is 21.6 Å². The highest BCUT2D eigenvalue weighted by Crippen LogP contribution is 2.21. The highest BCUT2D eigenvalue weighted by molar-refractivity contribution is 7.09. The predicted molar refractivity (Wildman–Crippen MR) is 63.2 cm³/mol. The van der Waals surface area contributed by atoms with Gasteiger partial charge in [0.25, 0.3) is 0 Å². The van der Waals surface area contributed by atoms with Crippen LogP contribution in [0.4, 0.5) is 5.13 Å². The highest BCUT2D eigenvalue weighted by Gasteiger charge is 2.26. The molecule has 0 spiro atoms. The van der Waals surface area contributed by atoms with E-state index in [1.807, 2.05) is 20.8 Å². The molecule has 1 aromatic rings. The molecule has 0 amide bonds. The molecule has 0 radical (unpaired) electrons. The summed E-state index contributed by atoms with van der Waals surface area (Å²) in [5.41, 5.74) is -0.700. The Morgan fingerprint density at radius 2 is 2.27 bits per heavy atom. The van der Waals surface area contributed by atoms with E-state index in [0.717, 1.165) is 17.4 Å². The van der Waals surface area contributed by atoms with Gasteiger partial charge in [0.1, 0.15) is 5.82 Å². The fraction of sp³-hybridized carbons (Fsp3) is 0.800. The predicted octanol–water partition coefficient (Wildman–Crippen LogP) is 2.06. The zero-order valence-electron chi connectivity index (χ0n) is 9.74. The normalized spacial score (nSPS) is 17.1. The summed E-state index contributed by atoms with van der Waals surface area (Å²) in [7, 11) is 0. The van der Waals surface area contributed by atoms with Gasteiger partial charge in [0.15, 0.2) is 0 Å². The molecular weight excluding hydrogens is 210 g/mol. The van der Waals surface area contributed by atoms with Crippen molar-refractivity contribution in [1.82, 2.24) is 9.36 Å². The lowest BCUT2D eigenvalue weighted by molar-refractivity contribution is 0.0176. The van der Waals surface area contributed by atoms with Crippen molar-refractivity contribution in [3.63, 3.8) is 0 Å². The monoisotopic (exact) mass is 229 g/mol. The second-order valence-corrected chi connectivity index (χ2v) is 4.92. The Balaban J connectivity index is 2.49. The SMILES string of the molecule is CCC(C)C(C)(O)CNc1nc(C)ns1. The standard InChI is InChI=1S/C10H19N3OS/c1-5-7(2)10(4,14)6-11-9-12-8(3)13-15-9/h7,14H,5-6H2,1-4H3,(H,11,12,13). The number of rotatable bonds is 5. The number of hydrogen-bond donors (Lipinski definition) is 2. The molecular formula is C10H19N3OS. The van der Waals surface area contributed by atoms with E-state index in [9.17, 15) is 5.11 Å². The van der Waals surface area contributed by atoms with E-state index in [4.69, 9.17) is 0 Å². The molecule has 0 aliphatic rings. The fourth-order valence-electron chi connectivity index (χ4n) is 1.24. The van der Waals surface area contributed by atoms with Crippen LogP contribution in [0.2, 0.25) is 0 Å². The smallest absolute Gasteiger partial charge is 0.202 e.